The van der Waals surface area contributed by atoms with Gasteiger partial charge in [-0.15, -0.1) is 24.2 Å². The summed E-state index contributed by atoms with van der Waals surface area (Å²) in [5, 5.41) is 2.84. The Morgan fingerprint density at radius 3 is 2.83 bits per heavy atom. The number of nitrogen functional groups attached to an aromatic ring is 1. The van der Waals surface area contributed by atoms with E-state index in [0.717, 1.165) is 12.8 Å². The Morgan fingerprint density at radius 2 is 2.21 bits per heavy atom. The maximum absolute atomic E-state index is 12.5. The molecule has 1 heterocycles. The van der Waals surface area contributed by atoms with Gasteiger partial charge in [0.15, 0.2) is 0 Å². The maximum Gasteiger partial charge on any atom is 0.248 e. The van der Waals surface area contributed by atoms with Crippen LogP contribution in [0.3, 0.4) is 0 Å². The molecular formula is C16H24ClN3O3S. The quantitative estimate of drug-likeness (QED) is 0.749. The van der Waals surface area contributed by atoms with Gasteiger partial charge in [-0.3, -0.25) is 9.59 Å². The van der Waals surface area contributed by atoms with E-state index in [1.165, 1.54) is 0 Å². The predicted octanol–water partition coefficient (Wildman–Crippen LogP) is 2.73. The first-order chi connectivity index (χ1) is 11.1. The molecule has 1 fully saturated rings. The van der Waals surface area contributed by atoms with E-state index in [0.29, 0.717) is 35.2 Å². The fourth-order valence-corrected chi connectivity index (χ4v) is 3.60. The number of ether oxygens (including phenoxy) is 1. The van der Waals surface area contributed by atoms with E-state index in [1.807, 2.05) is 6.92 Å². The molecule has 0 aliphatic carbocycles. The van der Waals surface area contributed by atoms with Crippen LogP contribution in [0, 0.1) is 0 Å². The van der Waals surface area contributed by atoms with Gasteiger partial charge in [-0.25, -0.2) is 0 Å². The number of nitrogens with zero attached hydrogens (tertiary/aromatic N) is 1. The van der Waals surface area contributed by atoms with Crippen LogP contribution >= 0.6 is 24.2 Å². The number of nitrogens with two attached hydrogens (primary N) is 1. The van der Waals surface area contributed by atoms with E-state index in [2.05, 4.69) is 5.32 Å². The van der Waals surface area contributed by atoms with Gasteiger partial charge >= 0.3 is 0 Å². The number of carbonyl (C=O) groups excluding carboxylic acids is 2. The largest absolute Gasteiger partial charge is 0.495 e. The van der Waals surface area contributed by atoms with Crippen LogP contribution in [0.5, 0.6) is 5.75 Å². The van der Waals surface area contributed by atoms with E-state index in [-0.39, 0.29) is 24.2 Å². The lowest BCUT2D eigenvalue weighted by Crippen LogP contribution is -2.44. The molecule has 1 unspecified atom stereocenters. The molecule has 1 atom stereocenters. The minimum Gasteiger partial charge on any atom is -0.495 e. The zero-order valence-corrected chi connectivity index (χ0v) is 15.5. The first kappa shape index (κ1) is 20.4. The highest BCUT2D eigenvalue weighted by Crippen LogP contribution is 2.27. The molecule has 8 heteroatoms. The van der Waals surface area contributed by atoms with Gasteiger partial charge in [0.25, 0.3) is 0 Å². The van der Waals surface area contributed by atoms with Gasteiger partial charge in [0.2, 0.25) is 11.8 Å². The molecule has 0 bridgehead atoms. The molecule has 0 saturated carbocycles. The van der Waals surface area contributed by atoms with Crippen LogP contribution in [0.4, 0.5) is 11.4 Å². The minimum atomic E-state index is -0.423. The van der Waals surface area contributed by atoms with Crippen molar-refractivity contribution in [2.45, 2.75) is 32.2 Å². The van der Waals surface area contributed by atoms with E-state index in [4.69, 9.17) is 10.5 Å². The summed E-state index contributed by atoms with van der Waals surface area (Å²) in [4.78, 5) is 26.4. The Kier molecular flexibility index (Phi) is 8.21. The molecule has 1 aromatic rings. The van der Waals surface area contributed by atoms with Crippen molar-refractivity contribution in [1.29, 1.82) is 0 Å². The fraction of sp³-hybridized carbons (Fsp3) is 0.500. The molecule has 2 amide bonds. The summed E-state index contributed by atoms with van der Waals surface area (Å²) >= 11 is 1.60. The monoisotopic (exact) mass is 373 g/mol. The summed E-state index contributed by atoms with van der Waals surface area (Å²) in [6.07, 6.45) is 2.31. The molecule has 1 aliphatic rings. The van der Waals surface area contributed by atoms with Crippen LogP contribution in [-0.4, -0.2) is 41.5 Å². The molecule has 24 heavy (non-hydrogen) atoms. The molecule has 1 saturated heterocycles. The molecule has 0 spiro atoms. The number of hydrogen-bond acceptors (Lipinski definition) is 5. The second-order valence-corrected chi connectivity index (χ2v) is 6.43. The smallest absolute Gasteiger partial charge is 0.248 e. The average molecular weight is 374 g/mol. The van der Waals surface area contributed by atoms with Crippen molar-refractivity contribution >= 4 is 47.4 Å². The highest BCUT2D eigenvalue weighted by atomic mass is 35.5. The van der Waals surface area contributed by atoms with E-state index in [9.17, 15) is 9.59 Å². The molecule has 1 aromatic carbocycles. The van der Waals surface area contributed by atoms with Crippen molar-refractivity contribution < 1.29 is 14.3 Å². The van der Waals surface area contributed by atoms with Crippen LogP contribution in [0.25, 0.3) is 0 Å². The average Bonchev–Trinajstić information content (AvgIpc) is 3.02. The lowest BCUT2D eigenvalue weighted by molar-refractivity contribution is -0.136. The van der Waals surface area contributed by atoms with Crippen LogP contribution in [0.1, 0.15) is 26.2 Å². The van der Waals surface area contributed by atoms with Crippen LogP contribution in [0.2, 0.25) is 0 Å². The van der Waals surface area contributed by atoms with Crippen molar-refractivity contribution in [3.8, 4) is 5.75 Å². The van der Waals surface area contributed by atoms with Crippen molar-refractivity contribution in [2.24, 2.45) is 0 Å². The number of rotatable bonds is 6. The standard InChI is InChI=1S/C16H23N3O3S.ClH/c1-3-4-5-15(20)19-10-23-9-13(19)16(21)18-11-6-7-14(22-2)12(17)8-11;/h6-8,13H,3-5,9-10,17H2,1-2H3,(H,18,21);1H. The third kappa shape index (κ3) is 4.95. The van der Waals surface area contributed by atoms with Gasteiger partial charge < -0.3 is 20.7 Å². The first-order valence-electron chi connectivity index (χ1n) is 7.68. The number of anilines is 2. The molecule has 6 nitrogen and oxygen atoms in total. The lowest BCUT2D eigenvalue weighted by Gasteiger charge is -2.23. The van der Waals surface area contributed by atoms with Gasteiger partial charge in [-0.1, -0.05) is 13.3 Å². The molecular weight excluding hydrogens is 350 g/mol. The van der Waals surface area contributed by atoms with Gasteiger partial charge in [0.05, 0.1) is 18.7 Å². The Bertz CT molecular complexity index is 586. The topological polar surface area (TPSA) is 84.7 Å². The van der Waals surface area contributed by atoms with Crippen LogP contribution < -0.4 is 15.8 Å². The van der Waals surface area contributed by atoms with Crippen molar-refractivity contribution in [3.05, 3.63) is 18.2 Å². The SMILES string of the molecule is CCCCC(=O)N1CSCC1C(=O)Nc1ccc(OC)c(N)c1.Cl. The number of hydrogen-bond donors (Lipinski definition) is 2. The number of thioether (sulfide) groups is 1. The van der Waals surface area contributed by atoms with Crippen LogP contribution in [-0.2, 0) is 9.59 Å². The van der Waals surface area contributed by atoms with Crippen molar-refractivity contribution in [1.82, 2.24) is 4.90 Å². The molecule has 0 aromatic heterocycles. The molecule has 134 valence electrons. The predicted molar refractivity (Wildman–Crippen MR) is 101 cm³/mol. The van der Waals surface area contributed by atoms with Crippen molar-refractivity contribution in [3.63, 3.8) is 0 Å². The summed E-state index contributed by atoms with van der Waals surface area (Å²) in [6.45, 7) is 2.05. The minimum absolute atomic E-state index is 0. The van der Waals surface area contributed by atoms with E-state index >= 15 is 0 Å². The Labute approximate surface area is 152 Å². The number of carbonyl (C=O) groups is 2. The highest BCUT2D eigenvalue weighted by Gasteiger charge is 2.34. The molecule has 2 rings (SSSR count). The van der Waals surface area contributed by atoms with Gasteiger partial charge in [0, 0.05) is 17.9 Å². The lowest BCUT2D eigenvalue weighted by atomic mass is 10.2. The third-order valence-electron chi connectivity index (χ3n) is 3.75. The highest BCUT2D eigenvalue weighted by molar-refractivity contribution is 7.99. The van der Waals surface area contributed by atoms with E-state index in [1.54, 1.807) is 42.0 Å². The number of benzene rings is 1. The van der Waals surface area contributed by atoms with Gasteiger partial charge in [-0.2, -0.15) is 0 Å². The Balaban J connectivity index is 0.00000288. The Hall–Kier alpha value is -1.60. The van der Waals surface area contributed by atoms with Gasteiger partial charge in [-0.05, 0) is 24.6 Å². The van der Waals surface area contributed by atoms with Crippen molar-refractivity contribution in [2.75, 3.05) is 29.8 Å². The zero-order chi connectivity index (χ0) is 16.8. The summed E-state index contributed by atoms with van der Waals surface area (Å²) in [6, 6.07) is 4.67. The second-order valence-electron chi connectivity index (χ2n) is 5.43. The van der Waals surface area contributed by atoms with Crippen LogP contribution in [0.15, 0.2) is 18.2 Å². The maximum atomic E-state index is 12.5. The Morgan fingerprint density at radius 1 is 1.46 bits per heavy atom. The number of unbranched alkanes of at least 4 members (excludes halogenated alkanes) is 1. The number of methoxy groups -OCH3 is 1. The van der Waals surface area contributed by atoms with E-state index < -0.39 is 6.04 Å². The molecule has 3 N–H and O–H groups in total. The number of nitrogens with one attached hydrogen (secondary N) is 1. The summed E-state index contributed by atoms with van der Waals surface area (Å²) in [5.41, 5.74) is 6.91. The third-order valence-corrected chi connectivity index (χ3v) is 4.76. The number of amides is 2. The number of halogens is 1. The van der Waals surface area contributed by atoms with Gasteiger partial charge in [0.1, 0.15) is 11.8 Å². The summed E-state index contributed by atoms with van der Waals surface area (Å²) < 4.78 is 5.10. The normalized spacial score (nSPS) is 16.4. The molecule has 0 radical (unpaired) electrons. The zero-order valence-electron chi connectivity index (χ0n) is 13.9. The summed E-state index contributed by atoms with van der Waals surface area (Å²) in [7, 11) is 1.54. The molecule has 1 aliphatic heterocycles. The first-order valence-corrected chi connectivity index (χ1v) is 8.83. The fourth-order valence-electron chi connectivity index (χ4n) is 2.41. The second kappa shape index (κ2) is 9.64. The summed E-state index contributed by atoms with van der Waals surface area (Å²) in [5.74, 6) is 1.63.